The zero-order chi connectivity index (χ0) is 30.4. The van der Waals surface area contributed by atoms with Gasteiger partial charge in [-0.1, -0.05) is 19.8 Å². The molecule has 5 N–H and O–H groups in total. The molecule has 228 valence electrons. The van der Waals surface area contributed by atoms with Gasteiger partial charge in [-0.05, 0) is 57.4 Å². The summed E-state index contributed by atoms with van der Waals surface area (Å²) < 4.78 is 28.8. The van der Waals surface area contributed by atoms with Crippen LogP contribution in [0.2, 0.25) is 0 Å². The number of benzene rings is 1. The number of amides is 1. The van der Waals surface area contributed by atoms with Crippen LogP contribution in [0, 0.1) is 6.92 Å². The number of aliphatic carboxylic acids is 1. The average molecular weight is 594 g/mol. The highest BCUT2D eigenvalue weighted by atomic mass is 31.2. The Morgan fingerprint density at radius 3 is 2.44 bits per heavy atom. The molecule has 0 fully saturated rings. The van der Waals surface area contributed by atoms with Crippen LogP contribution >= 0.6 is 7.60 Å². The molecule has 13 heteroatoms. The summed E-state index contributed by atoms with van der Waals surface area (Å²) in [6.45, 7) is 8.24. The van der Waals surface area contributed by atoms with Gasteiger partial charge >= 0.3 is 13.6 Å². The number of nitrogens with two attached hydrogens (primary N) is 1. The number of nitrogens with one attached hydrogen (secondary N) is 2. The van der Waals surface area contributed by atoms with Crippen LogP contribution in [0.25, 0.3) is 0 Å². The Balaban J connectivity index is 2.24. The topological polar surface area (TPSA) is 175 Å². The summed E-state index contributed by atoms with van der Waals surface area (Å²) in [4.78, 5) is 33.2. The summed E-state index contributed by atoms with van der Waals surface area (Å²) >= 11 is 0. The highest BCUT2D eigenvalue weighted by Crippen LogP contribution is 2.48. The van der Waals surface area contributed by atoms with Gasteiger partial charge in [-0.3, -0.25) is 14.2 Å². The van der Waals surface area contributed by atoms with Crippen LogP contribution in [0.4, 0.5) is 11.8 Å². The van der Waals surface area contributed by atoms with Gasteiger partial charge in [0.2, 0.25) is 5.95 Å². The molecule has 1 atom stereocenters. The largest absolute Gasteiger partial charge is 0.496 e. The van der Waals surface area contributed by atoms with E-state index in [2.05, 4.69) is 20.6 Å². The molecule has 1 heterocycles. The number of carboxylic acid groups (broad SMARTS) is 1. The van der Waals surface area contributed by atoms with Gasteiger partial charge in [0.25, 0.3) is 5.91 Å². The molecule has 0 aliphatic carbocycles. The molecule has 1 aromatic carbocycles. The van der Waals surface area contributed by atoms with Crippen molar-refractivity contribution < 1.29 is 33.0 Å². The second kappa shape index (κ2) is 16.9. The predicted molar refractivity (Wildman–Crippen MR) is 159 cm³/mol. The summed E-state index contributed by atoms with van der Waals surface area (Å²) in [5.41, 5.74) is 8.46. The van der Waals surface area contributed by atoms with Crippen molar-refractivity contribution in [1.29, 1.82) is 0 Å². The highest BCUT2D eigenvalue weighted by Gasteiger charge is 2.23. The first-order valence-electron chi connectivity index (χ1n) is 14.0. The van der Waals surface area contributed by atoms with E-state index in [1.807, 2.05) is 13.8 Å². The Labute approximate surface area is 242 Å². The number of hydrogen-bond acceptors (Lipinski definition) is 10. The minimum atomic E-state index is -3.17. The molecular weight excluding hydrogens is 549 g/mol. The number of carbonyl (C=O) groups is 2. The van der Waals surface area contributed by atoms with Crippen molar-refractivity contribution >= 4 is 31.2 Å². The SMILES string of the molecule is CCCC[C@@H](CC(=O)O)Nc1nc(N)nc(C)c1Cc1cc(C(=O)NCCCP(=O)(OCC)OCC)ccc1OC. The number of unbranched alkanes of at least 4 members (excludes halogenated alkanes) is 1. The second-order valence-electron chi connectivity index (χ2n) is 9.56. The summed E-state index contributed by atoms with van der Waals surface area (Å²) in [5, 5.41) is 15.5. The Bertz CT molecular complexity index is 1200. The molecule has 2 aromatic rings. The van der Waals surface area contributed by atoms with E-state index in [0.717, 1.165) is 24.0 Å². The van der Waals surface area contributed by atoms with Crippen LogP contribution in [0.15, 0.2) is 18.2 Å². The van der Waals surface area contributed by atoms with Gasteiger partial charge < -0.3 is 35.3 Å². The number of hydrogen-bond donors (Lipinski definition) is 4. The van der Waals surface area contributed by atoms with Crippen molar-refractivity contribution in [3.63, 3.8) is 0 Å². The van der Waals surface area contributed by atoms with Gasteiger partial charge in [0.05, 0.1) is 32.9 Å². The number of aryl methyl sites for hydroxylation is 1. The maximum atomic E-state index is 13.0. The van der Waals surface area contributed by atoms with E-state index in [9.17, 15) is 19.3 Å². The zero-order valence-corrected chi connectivity index (χ0v) is 25.6. The Hall–Kier alpha value is -3.21. The highest BCUT2D eigenvalue weighted by molar-refractivity contribution is 7.53. The number of rotatable bonds is 19. The predicted octanol–water partition coefficient (Wildman–Crippen LogP) is 4.80. The molecular formula is C28H44N5O7P. The minimum absolute atomic E-state index is 0.0635. The Morgan fingerprint density at radius 2 is 1.83 bits per heavy atom. The first-order valence-corrected chi connectivity index (χ1v) is 15.7. The summed E-state index contributed by atoms with van der Waals surface area (Å²) in [7, 11) is -1.63. The van der Waals surface area contributed by atoms with Gasteiger partial charge in [0, 0.05) is 35.8 Å². The van der Waals surface area contributed by atoms with E-state index >= 15 is 0 Å². The van der Waals surface area contributed by atoms with Crippen molar-refractivity contribution in [2.45, 2.75) is 72.3 Å². The molecule has 0 spiro atoms. The van der Waals surface area contributed by atoms with Crippen LogP contribution in [-0.2, 0) is 24.8 Å². The molecule has 12 nitrogen and oxygen atoms in total. The third-order valence-electron chi connectivity index (χ3n) is 6.35. The third kappa shape index (κ3) is 10.9. The monoisotopic (exact) mass is 593 g/mol. The quantitative estimate of drug-likeness (QED) is 0.130. The van der Waals surface area contributed by atoms with E-state index < -0.39 is 13.6 Å². The number of nitrogens with zero attached hydrogens (tertiary/aromatic N) is 2. The van der Waals surface area contributed by atoms with Crippen LogP contribution in [0.1, 0.15) is 80.1 Å². The molecule has 2 rings (SSSR count). The molecule has 41 heavy (non-hydrogen) atoms. The Kier molecular flexibility index (Phi) is 14.0. The molecule has 0 radical (unpaired) electrons. The average Bonchev–Trinajstić information content (AvgIpc) is 2.91. The summed E-state index contributed by atoms with van der Waals surface area (Å²) in [6.07, 6.45) is 3.34. The van der Waals surface area contributed by atoms with Crippen molar-refractivity contribution in [3.05, 3.63) is 40.6 Å². The van der Waals surface area contributed by atoms with Crippen LogP contribution in [0.3, 0.4) is 0 Å². The molecule has 1 amide bonds. The maximum Gasteiger partial charge on any atom is 0.330 e. The van der Waals surface area contributed by atoms with Crippen molar-refractivity contribution in [2.75, 3.05) is 44.1 Å². The summed E-state index contributed by atoms with van der Waals surface area (Å²) in [6, 6.07) is 4.80. The molecule has 0 aliphatic rings. The standard InChI is InChI=1S/C28H44N5O7P/c1-6-9-11-22(18-25(34)35)32-26-23(19(4)31-28(29)33-26)17-21-16-20(12-13-24(21)38-5)27(36)30-14-10-15-41(37,39-7-2)40-8-3/h12-13,16,22H,6-11,14-15,17-18H2,1-5H3,(H,30,36)(H,34,35)(H3,29,31,32,33)/t22-/m0/s1. The van der Waals surface area contributed by atoms with E-state index in [0.29, 0.717) is 48.6 Å². The second-order valence-corrected chi connectivity index (χ2v) is 11.7. The van der Waals surface area contributed by atoms with Gasteiger partial charge in [-0.25, -0.2) is 4.98 Å². The number of ether oxygens (including phenoxy) is 1. The van der Waals surface area contributed by atoms with Gasteiger partial charge in [-0.15, -0.1) is 0 Å². The fourth-order valence-electron chi connectivity index (χ4n) is 4.41. The molecule has 0 saturated heterocycles. The van der Waals surface area contributed by atoms with Gasteiger partial charge in [-0.2, -0.15) is 4.98 Å². The van der Waals surface area contributed by atoms with Crippen molar-refractivity contribution in [2.24, 2.45) is 0 Å². The number of carboxylic acids is 1. The minimum Gasteiger partial charge on any atom is -0.496 e. The third-order valence-corrected chi connectivity index (χ3v) is 8.52. The van der Waals surface area contributed by atoms with Gasteiger partial charge in [0.1, 0.15) is 11.6 Å². The van der Waals surface area contributed by atoms with E-state index in [4.69, 9.17) is 19.5 Å². The number of carbonyl (C=O) groups excluding carboxylic acids is 1. The van der Waals surface area contributed by atoms with Gasteiger partial charge in [0.15, 0.2) is 0 Å². The van der Waals surface area contributed by atoms with Crippen molar-refractivity contribution in [1.82, 2.24) is 15.3 Å². The molecule has 0 saturated carbocycles. The van der Waals surface area contributed by atoms with E-state index in [-0.39, 0.29) is 43.7 Å². The number of aromatic nitrogens is 2. The smallest absolute Gasteiger partial charge is 0.330 e. The maximum absolute atomic E-state index is 13.0. The number of anilines is 2. The fourth-order valence-corrected chi connectivity index (χ4v) is 6.08. The lowest BCUT2D eigenvalue weighted by Crippen LogP contribution is -2.26. The molecule has 0 bridgehead atoms. The number of methoxy groups -OCH3 is 1. The van der Waals surface area contributed by atoms with E-state index in [1.165, 1.54) is 0 Å². The zero-order valence-electron chi connectivity index (χ0n) is 24.7. The lowest BCUT2D eigenvalue weighted by Gasteiger charge is -2.21. The normalized spacial score (nSPS) is 12.1. The first kappa shape index (κ1) is 34.0. The van der Waals surface area contributed by atoms with Crippen molar-refractivity contribution in [3.8, 4) is 5.75 Å². The molecule has 0 unspecified atom stereocenters. The lowest BCUT2D eigenvalue weighted by molar-refractivity contribution is -0.137. The lowest BCUT2D eigenvalue weighted by atomic mass is 9.99. The summed E-state index contributed by atoms with van der Waals surface area (Å²) in [5.74, 6) is -0.0794. The van der Waals surface area contributed by atoms with Crippen LogP contribution in [0.5, 0.6) is 5.75 Å². The van der Waals surface area contributed by atoms with Crippen LogP contribution < -0.4 is 21.1 Å². The first-order chi connectivity index (χ1) is 19.5. The Morgan fingerprint density at radius 1 is 1.12 bits per heavy atom. The number of nitrogen functional groups attached to an aromatic ring is 1. The molecule has 0 aliphatic heterocycles. The fraction of sp³-hybridized carbons (Fsp3) is 0.571. The molecule has 1 aromatic heterocycles. The van der Waals surface area contributed by atoms with E-state index in [1.54, 1.807) is 39.2 Å². The van der Waals surface area contributed by atoms with Crippen LogP contribution in [-0.4, -0.2) is 66.0 Å².